The third-order valence-electron chi connectivity index (χ3n) is 3.09. The highest BCUT2D eigenvalue weighted by atomic mass is 16.5. The molecule has 2 aromatic rings. The Balaban J connectivity index is 2.57. The molecule has 1 aromatic heterocycles. The van der Waals surface area contributed by atoms with Crippen LogP contribution >= 0.6 is 0 Å². The molecular weight excluding hydrogens is 244 g/mol. The minimum Gasteiger partial charge on any atom is -0.493 e. The van der Waals surface area contributed by atoms with Gasteiger partial charge in [-0.25, -0.2) is 4.79 Å². The minimum absolute atomic E-state index is 0.329. The minimum atomic E-state index is -0.329. The van der Waals surface area contributed by atoms with Gasteiger partial charge in [-0.3, -0.25) is 0 Å². The second kappa shape index (κ2) is 5.78. The first kappa shape index (κ1) is 13.5. The van der Waals surface area contributed by atoms with Crippen LogP contribution in [0.25, 0.3) is 10.8 Å². The summed E-state index contributed by atoms with van der Waals surface area (Å²) in [6.07, 6.45) is 2.84. The van der Waals surface area contributed by atoms with E-state index in [9.17, 15) is 4.79 Å². The van der Waals surface area contributed by atoms with E-state index in [1.165, 1.54) is 0 Å². The number of fused-ring (bicyclic) bond motifs is 1. The summed E-state index contributed by atoms with van der Waals surface area (Å²) in [5.41, 5.74) is -0.329. The van der Waals surface area contributed by atoms with Crippen molar-refractivity contribution in [3.05, 3.63) is 34.4 Å². The van der Waals surface area contributed by atoms with Gasteiger partial charge in [0.1, 0.15) is 5.76 Å². The third-order valence-corrected chi connectivity index (χ3v) is 3.09. The molecule has 2 rings (SSSR count). The monoisotopic (exact) mass is 262 g/mol. The predicted molar refractivity (Wildman–Crippen MR) is 74.2 cm³/mol. The highest BCUT2D eigenvalue weighted by Gasteiger charge is 2.10. The Morgan fingerprint density at radius 3 is 2.42 bits per heavy atom. The average Bonchev–Trinajstić information content (AvgIpc) is 2.43. The molecule has 0 radical (unpaired) electrons. The van der Waals surface area contributed by atoms with Crippen LogP contribution in [-0.4, -0.2) is 14.2 Å². The molecular formula is C15H18O4. The van der Waals surface area contributed by atoms with Crippen molar-refractivity contribution in [1.82, 2.24) is 0 Å². The smallest absolute Gasteiger partial charge is 0.343 e. The molecule has 4 nitrogen and oxygen atoms in total. The molecule has 4 heteroatoms. The van der Waals surface area contributed by atoms with Gasteiger partial charge in [-0.1, -0.05) is 13.3 Å². The van der Waals surface area contributed by atoms with Crippen LogP contribution in [0.4, 0.5) is 0 Å². The van der Waals surface area contributed by atoms with Crippen LogP contribution in [0.1, 0.15) is 25.5 Å². The maximum Gasteiger partial charge on any atom is 0.343 e. The second-order valence-corrected chi connectivity index (χ2v) is 4.40. The van der Waals surface area contributed by atoms with Gasteiger partial charge in [0, 0.05) is 6.42 Å². The predicted octanol–water partition coefficient (Wildman–Crippen LogP) is 3.15. The summed E-state index contributed by atoms with van der Waals surface area (Å²) in [5.74, 6) is 1.86. The zero-order chi connectivity index (χ0) is 13.8. The summed E-state index contributed by atoms with van der Waals surface area (Å²) >= 11 is 0. The summed E-state index contributed by atoms with van der Waals surface area (Å²) in [5, 5.41) is 1.33. The van der Waals surface area contributed by atoms with Crippen molar-refractivity contribution >= 4 is 10.8 Å². The fourth-order valence-electron chi connectivity index (χ4n) is 2.04. The zero-order valence-corrected chi connectivity index (χ0v) is 11.5. The van der Waals surface area contributed by atoms with E-state index in [2.05, 4.69) is 6.92 Å². The van der Waals surface area contributed by atoms with E-state index in [1.807, 2.05) is 6.07 Å². The Bertz CT molecular complexity index is 628. The summed E-state index contributed by atoms with van der Waals surface area (Å²) in [6.45, 7) is 2.10. The molecule has 0 amide bonds. The Morgan fingerprint density at radius 1 is 1.11 bits per heavy atom. The van der Waals surface area contributed by atoms with Crippen molar-refractivity contribution in [2.24, 2.45) is 0 Å². The van der Waals surface area contributed by atoms with E-state index in [4.69, 9.17) is 13.9 Å². The first-order valence-corrected chi connectivity index (χ1v) is 6.38. The van der Waals surface area contributed by atoms with Crippen molar-refractivity contribution in [3.8, 4) is 11.5 Å². The molecule has 0 saturated heterocycles. The first-order valence-electron chi connectivity index (χ1n) is 6.38. The lowest BCUT2D eigenvalue weighted by Crippen LogP contribution is -2.03. The molecule has 19 heavy (non-hydrogen) atoms. The van der Waals surface area contributed by atoms with Crippen LogP contribution in [0.5, 0.6) is 11.5 Å². The normalized spacial score (nSPS) is 10.7. The highest BCUT2D eigenvalue weighted by molar-refractivity contribution is 5.85. The van der Waals surface area contributed by atoms with Crippen LogP contribution in [0.15, 0.2) is 27.4 Å². The van der Waals surface area contributed by atoms with Crippen LogP contribution in [0, 0.1) is 0 Å². The van der Waals surface area contributed by atoms with Crippen LogP contribution in [-0.2, 0) is 6.42 Å². The Morgan fingerprint density at radius 2 is 1.79 bits per heavy atom. The summed E-state index contributed by atoms with van der Waals surface area (Å²) in [7, 11) is 3.12. The van der Waals surface area contributed by atoms with E-state index in [1.54, 1.807) is 26.4 Å². The lowest BCUT2D eigenvalue weighted by Gasteiger charge is -2.09. The Kier molecular flexibility index (Phi) is 4.10. The molecule has 0 bridgehead atoms. The van der Waals surface area contributed by atoms with E-state index < -0.39 is 0 Å². The molecule has 0 spiro atoms. The number of rotatable bonds is 5. The van der Waals surface area contributed by atoms with Crippen molar-refractivity contribution in [2.75, 3.05) is 14.2 Å². The van der Waals surface area contributed by atoms with Gasteiger partial charge in [0.05, 0.1) is 19.6 Å². The fraction of sp³-hybridized carbons (Fsp3) is 0.400. The fourth-order valence-corrected chi connectivity index (χ4v) is 2.04. The van der Waals surface area contributed by atoms with Crippen LogP contribution in [0.3, 0.4) is 0 Å². The Hall–Kier alpha value is -1.97. The van der Waals surface area contributed by atoms with Crippen molar-refractivity contribution < 1.29 is 13.9 Å². The number of methoxy groups -OCH3 is 2. The number of hydrogen-bond acceptors (Lipinski definition) is 4. The van der Waals surface area contributed by atoms with Gasteiger partial charge < -0.3 is 13.9 Å². The quantitative estimate of drug-likeness (QED) is 0.830. The summed E-state index contributed by atoms with van der Waals surface area (Å²) < 4.78 is 15.8. The largest absolute Gasteiger partial charge is 0.493 e. The molecule has 102 valence electrons. The van der Waals surface area contributed by atoms with Crippen molar-refractivity contribution in [2.45, 2.75) is 26.2 Å². The molecule has 0 N–H and O–H groups in total. The van der Waals surface area contributed by atoms with Gasteiger partial charge in [0.25, 0.3) is 0 Å². The molecule has 0 aliphatic rings. The van der Waals surface area contributed by atoms with Gasteiger partial charge in [-0.15, -0.1) is 0 Å². The SMILES string of the molecule is CCCCc1cc2cc(OC)c(OC)cc2c(=O)o1. The molecule has 1 heterocycles. The molecule has 0 unspecified atom stereocenters. The van der Waals surface area contributed by atoms with Gasteiger partial charge in [-0.05, 0) is 30.0 Å². The topological polar surface area (TPSA) is 48.7 Å². The van der Waals surface area contributed by atoms with Gasteiger partial charge in [0.15, 0.2) is 11.5 Å². The first-order chi connectivity index (χ1) is 9.19. The number of aryl methyl sites for hydroxylation is 1. The lowest BCUT2D eigenvalue weighted by atomic mass is 10.1. The molecule has 1 aromatic carbocycles. The second-order valence-electron chi connectivity index (χ2n) is 4.40. The van der Waals surface area contributed by atoms with E-state index in [0.717, 1.165) is 24.6 Å². The molecule has 0 aliphatic carbocycles. The molecule has 0 saturated carbocycles. The molecule has 0 aliphatic heterocycles. The third kappa shape index (κ3) is 2.72. The molecule has 0 fully saturated rings. The van der Waals surface area contributed by atoms with Crippen molar-refractivity contribution in [3.63, 3.8) is 0 Å². The number of benzene rings is 1. The van der Waals surface area contributed by atoms with Crippen molar-refractivity contribution in [1.29, 1.82) is 0 Å². The van der Waals surface area contributed by atoms with E-state index in [-0.39, 0.29) is 5.63 Å². The van der Waals surface area contributed by atoms with Crippen LogP contribution < -0.4 is 15.1 Å². The number of ether oxygens (including phenoxy) is 2. The maximum absolute atomic E-state index is 12.0. The lowest BCUT2D eigenvalue weighted by molar-refractivity contribution is 0.355. The highest BCUT2D eigenvalue weighted by Crippen LogP contribution is 2.31. The van der Waals surface area contributed by atoms with E-state index in [0.29, 0.717) is 22.6 Å². The van der Waals surface area contributed by atoms with E-state index >= 15 is 0 Å². The van der Waals surface area contributed by atoms with Gasteiger partial charge >= 0.3 is 5.63 Å². The zero-order valence-electron chi connectivity index (χ0n) is 11.5. The average molecular weight is 262 g/mol. The standard InChI is InChI=1S/C15H18O4/c1-4-5-6-11-7-10-8-13(17-2)14(18-3)9-12(10)15(16)19-11/h7-9H,4-6H2,1-3H3. The van der Waals surface area contributed by atoms with Gasteiger partial charge in [-0.2, -0.15) is 0 Å². The number of unbranched alkanes of at least 4 members (excludes halogenated alkanes) is 1. The molecule has 0 atom stereocenters. The Labute approximate surface area is 111 Å². The van der Waals surface area contributed by atoms with Crippen LogP contribution in [0.2, 0.25) is 0 Å². The summed E-state index contributed by atoms with van der Waals surface area (Å²) in [4.78, 5) is 12.0. The summed E-state index contributed by atoms with van der Waals surface area (Å²) in [6, 6.07) is 5.36. The number of hydrogen-bond donors (Lipinski definition) is 0. The maximum atomic E-state index is 12.0. The van der Waals surface area contributed by atoms with Gasteiger partial charge in [0.2, 0.25) is 0 Å².